The summed E-state index contributed by atoms with van der Waals surface area (Å²) in [7, 11) is 1.65. The summed E-state index contributed by atoms with van der Waals surface area (Å²) in [6.07, 6.45) is 5.47. The molecule has 1 aromatic heterocycles. The Balaban J connectivity index is 1.62. The summed E-state index contributed by atoms with van der Waals surface area (Å²) in [6.45, 7) is 1.61. The van der Waals surface area contributed by atoms with E-state index in [1.165, 1.54) is 11.8 Å². The van der Waals surface area contributed by atoms with E-state index in [1.54, 1.807) is 13.3 Å². The van der Waals surface area contributed by atoms with E-state index in [0.717, 1.165) is 43.2 Å². The summed E-state index contributed by atoms with van der Waals surface area (Å²) < 4.78 is 11.2. The molecule has 1 fully saturated rings. The second kappa shape index (κ2) is 8.08. The number of aromatic nitrogens is 2. The van der Waals surface area contributed by atoms with Gasteiger partial charge in [0.2, 0.25) is 0 Å². The summed E-state index contributed by atoms with van der Waals surface area (Å²) in [6, 6.07) is 9.83. The maximum Gasteiger partial charge on any atom is 0.189 e. The highest BCUT2D eigenvalue weighted by atomic mass is 32.2. The van der Waals surface area contributed by atoms with Gasteiger partial charge in [0, 0.05) is 25.9 Å². The first-order valence-corrected chi connectivity index (χ1v) is 9.32. The molecule has 0 bridgehead atoms. The van der Waals surface area contributed by atoms with Crippen molar-refractivity contribution in [2.45, 2.75) is 24.1 Å². The molecule has 0 atom stereocenters. The van der Waals surface area contributed by atoms with Crippen molar-refractivity contribution in [3.63, 3.8) is 0 Å². The van der Waals surface area contributed by atoms with Crippen molar-refractivity contribution >= 4 is 17.6 Å². The lowest BCUT2D eigenvalue weighted by Gasteiger charge is -2.33. The van der Waals surface area contributed by atoms with E-state index in [4.69, 9.17) is 9.47 Å². The van der Waals surface area contributed by atoms with Gasteiger partial charge in [0.25, 0.3) is 0 Å². The van der Waals surface area contributed by atoms with Gasteiger partial charge in [0.1, 0.15) is 29.2 Å². The first kappa shape index (κ1) is 17.4. The Bertz CT molecular complexity index is 753. The largest absolute Gasteiger partial charge is 0.497 e. The van der Waals surface area contributed by atoms with E-state index < -0.39 is 0 Å². The van der Waals surface area contributed by atoms with Crippen LogP contribution in [-0.4, -0.2) is 42.5 Å². The molecule has 0 spiro atoms. The molecule has 1 aliphatic heterocycles. The molecule has 0 saturated carbocycles. The number of hydrogen-bond donors (Lipinski definition) is 0. The zero-order valence-corrected chi connectivity index (χ0v) is 15.1. The van der Waals surface area contributed by atoms with Gasteiger partial charge in [0.05, 0.1) is 13.3 Å². The number of benzene rings is 1. The fraction of sp³-hybridized carbons (Fsp3) is 0.389. The van der Waals surface area contributed by atoms with Crippen LogP contribution >= 0.6 is 11.8 Å². The number of nitrogens with zero attached hydrogens (tertiary/aromatic N) is 4. The first-order chi connectivity index (χ1) is 12.2. The molecule has 25 heavy (non-hydrogen) atoms. The molecule has 6 nitrogen and oxygen atoms in total. The van der Waals surface area contributed by atoms with Gasteiger partial charge in [-0.1, -0.05) is 11.8 Å². The van der Waals surface area contributed by atoms with Crippen LogP contribution in [0.5, 0.6) is 11.5 Å². The Morgan fingerprint density at radius 1 is 1.20 bits per heavy atom. The van der Waals surface area contributed by atoms with Crippen LogP contribution in [-0.2, 0) is 0 Å². The molecule has 1 saturated heterocycles. The van der Waals surface area contributed by atoms with Crippen molar-refractivity contribution in [1.29, 1.82) is 5.26 Å². The fourth-order valence-corrected chi connectivity index (χ4v) is 3.14. The molecule has 0 N–H and O–H groups in total. The summed E-state index contributed by atoms with van der Waals surface area (Å²) in [5, 5.41) is 9.99. The zero-order chi connectivity index (χ0) is 17.6. The normalized spacial score (nSPS) is 14.8. The highest BCUT2D eigenvalue weighted by Crippen LogP contribution is 2.26. The Morgan fingerprint density at radius 2 is 1.88 bits per heavy atom. The number of hydrogen-bond acceptors (Lipinski definition) is 7. The predicted molar refractivity (Wildman–Crippen MR) is 97.4 cm³/mol. The van der Waals surface area contributed by atoms with E-state index in [0.29, 0.717) is 10.7 Å². The van der Waals surface area contributed by atoms with Crippen molar-refractivity contribution in [2.24, 2.45) is 0 Å². The lowest BCUT2D eigenvalue weighted by molar-refractivity contribution is 0.170. The van der Waals surface area contributed by atoms with Gasteiger partial charge in [-0.25, -0.2) is 9.97 Å². The standard InChI is InChI=1S/C18H20N4O2S/c1-23-14-3-5-15(6-4-14)24-16-7-9-22(10-8-16)17-13(11-19)12-20-18(21-17)25-2/h3-6,12,16H,7-10H2,1-2H3. The highest BCUT2D eigenvalue weighted by molar-refractivity contribution is 7.98. The number of anilines is 1. The van der Waals surface area contributed by atoms with Crippen molar-refractivity contribution in [2.75, 3.05) is 31.4 Å². The average Bonchev–Trinajstić information content (AvgIpc) is 2.68. The quantitative estimate of drug-likeness (QED) is 0.602. The number of rotatable bonds is 5. The monoisotopic (exact) mass is 356 g/mol. The van der Waals surface area contributed by atoms with Gasteiger partial charge in [-0.05, 0) is 30.5 Å². The topological polar surface area (TPSA) is 71.3 Å². The molecular formula is C18H20N4O2S. The number of ether oxygens (including phenoxy) is 2. The van der Waals surface area contributed by atoms with Gasteiger partial charge < -0.3 is 14.4 Å². The van der Waals surface area contributed by atoms with Crippen molar-refractivity contribution < 1.29 is 9.47 Å². The molecule has 0 radical (unpaired) electrons. The van der Waals surface area contributed by atoms with Gasteiger partial charge in [0.15, 0.2) is 11.0 Å². The van der Waals surface area contributed by atoms with Gasteiger partial charge >= 0.3 is 0 Å². The molecule has 7 heteroatoms. The molecule has 0 aliphatic carbocycles. The first-order valence-electron chi connectivity index (χ1n) is 8.10. The Labute approximate surface area is 151 Å². The third kappa shape index (κ3) is 4.15. The second-order valence-corrected chi connectivity index (χ2v) is 6.46. The number of nitriles is 1. The number of methoxy groups -OCH3 is 1. The van der Waals surface area contributed by atoms with Crippen LogP contribution in [0.2, 0.25) is 0 Å². The van der Waals surface area contributed by atoms with Crippen LogP contribution < -0.4 is 14.4 Å². The minimum atomic E-state index is 0.164. The third-order valence-corrected chi connectivity index (χ3v) is 4.72. The van der Waals surface area contributed by atoms with Gasteiger partial charge in [-0.2, -0.15) is 5.26 Å². The lowest BCUT2D eigenvalue weighted by atomic mass is 10.1. The molecule has 1 aromatic carbocycles. The molecule has 2 heterocycles. The van der Waals surface area contributed by atoms with Gasteiger partial charge in [-0.15, -0.1) is 0 Å². The smallest absolute Gasteiger partial charge is 0.189 e. The maximum atomic E-state index is 9.30. The highest BCUT2D eigenvalue weighted by Gasteiger charge is 2.24. The van der Waals surface area contributed by atoms with Crippen LogP contribution in [0.3, 0.4) is 0 Å². The maximum absolute atomic E-state index is 9.30. The Morgan fingerprint density at radius 3 is 2.48 bits per heavy atom. The van der Waals surface area contributed by atoms with Crippen molar-refractivity contribution in [3.8, 4) is 17.6 Å². The summed E-state index contributed by atoms with van der Waals surface area (Å²) in [5.41, 5.74) is 0.521. The van der Waals surface area contributed by atoms with Crippen LogP contribution in [0, 0.1) is 11.3 Å². The Hall–Kier alpha value is -2.46. The molecule has 0 amide bonds. The van der Waals surface area contributed by atoms with Crippen LogP contribution in [0.15, 0.2) is 35.6 Å². The van der Waals surface area contributed by atoms with E-state index in [1.807, 2.05) is 30.5 Å². The van der Waals surface area contributed by atoms with E-state index in [-0.39, 0.29) is 6.10 Å². The lowest BCUT2D eigenvalue weighted by Crippen LogP contribution is -2.39. The van der Waals surface area contributed by atoms with E-state index in [9.17, 15) is 5.26 Å². The average molecular weight is 356 g/mol. The zero-order valence-electron chi connectivity index (χ0n) is 14.3. The minimum Gasteiger partial charge on any atom is -0.497 e. The Kier molecular flexibility index (Phi) is 5.61. The molecule has 3 rings (SSSR count). The van der Waals surface area contributed by atoms with Crippen molar-refractivity contribution in [3.05, 3.63) is 36.0 Å². The summed E-state index contributed by atoms with van der Waals surface area (Å²) >= 11 is 1.48. The minimum absolute atomic E-state index is 0.164. The molecule has 130 valence electrons. The molecular weight excluding hydrogens is 336 g/mol. The van der Waals surface area contributed by atoms with Crippen LogP contribution in [0.1, 0.15) is 18.4 Å². The van der Waals surface area contributed by atoms with E-state index in [2.05, 4.69) is 20.9 Å². The second-order valence-electron chi connectivity index (χ2n) is 5.69. The molecule has 1 aliphatic rings. The number of piperidine rings is 1. The van der Waals surface area contributed by atoms with Crippen LogP contribution in [0.4, 0.5) is 5.82 Å². The SMILES string of the molecule is COc1ccc(OC2CCN(c3nc(SC)ncc3C#N)CC2)cc1. The van der Waals surface area contributed by atoms with Crippen LogP contribution in [0.25, 0.3) is 0 Å². The molecule has 0 unspecified atom stereocenters. The summed E-state index contributed by atoms with van der Waals surface area (Å²) in [5.74, 6) is 2.40. The summed E-state index contributed by atoms with van der Waals surface area (Å²) in [4.78, 5) is 10.8. The van der Waals surface area contributed by atoms with Gasteiger partial charge in [-0.3, -0.25) is 0 Å². The van der Waals surface area contributed by atoms with E-state index >= 15 is 0 Å². The molecule has 2 aromatic rings. The van der Waals surface area contributed by atoms with Crippen molar-refractivity contribution in [1.82, 2.24) is 9.97 Å². The predicted octanol–water partition coefficient (Wildman–Crippen LogP) is 3.13. The fourth-order valence-electron chi connectivity index (χ4n) is 2.81. The number of thioether (sulfide) groups is 1. The third-order valence-electron chi connectivity index (χ3n) is 4.15.